The Bertz CT molecular complexity index is 980. The second-order valence-corrected chi connectivity index (χ2v) is 5.72. The number of benzene rings is 1. The van der Waals surface area contributed by atoms with Crippen LogP contribution in [0.15, 0.2) is 61.2 Å². The highest BCUT2D eigenvalue weighted by Crippen LogP contribution is 2.23. The molecule has 6 nitrogen and oxygen atoms in total. The molecule has 3 aromatic rings. The SMILES string of the molecule is Cn1cc(-c2ccncc2C=CC(=O)Nc2ccc(CC#N)cc2)cn1. The lowest BCUT2D eigenvalue weighted by molar-refractivity contribution is -0.111. The maximum absolute atomic E-state index is 12.2. The van der Waals surface area contributed by atoms with Gasteiger partial charge in [0.05, 0.1) is 18.7 Å². The van der Waals surface area contributed by atoms with Gasteiger partial charge in [-0.1, -0.05) is 12.1 Å². The zero-order chi connectivity index (χ0) is 18.4. The van der Waals surface area contributed by atoms with Crippen LogP contribution in [0.2, 0.25) is 0 Å². The Morgan fingerprint density at radius 2 is 2.08 bits per heavy atom. The third-order valence-corrected chi connectivity index (χ3v) is 3.79. The number of aryl methyl sites for hydroxylation is 1. The zero-order valence-corrected chi connectivity index (χ0v) is 14.3. The largest absolute Gasteiger partial charge is 0.323 e. The van der Waals surface area contributed by atoms with Gasteiger partial charge in [0, 0.05) is 48.5 Å². The van der Waals surface area contributed by atoms with E-state index < -0.39 is 0 Å². The molecule has 0 aliphatic carbocycles. The van der Waals surface area contributed by atoms with Crippen molar-refractivity contribution >= 4 is 17.7 Å². The molecule has 0 saturated carbocycles. The van der Waals surface area contributed by atoms with Crippen molar-refractivity contribution < 1.29 is 4.79 Å². The third kappa shape index (κ3) is 4.22. The number of nitriles is 1. The molecule has 1 aromatic carbocycles. The summed E-state index contributed by atoms with van der Waals surface area (Å²) in [5.41, 5.74) is 4.35. The number of amides is 1. The summed E-state index contributed by atoms with van der Waals surface area (Å²) in [6, 6.07) is 11.2. The molecule has 26 heavy (non-hydrogen) atoms. The molecule has 2 heterocycles. The summed E-state index contributed by atoms with van der Waals surface area (Å²) in [4.78, 5) is 16.3. The molecule has 0 aliphatic rings. The van der Waals surface area contributed by atoms with E-state index in [2.05, 4.69) is 21.5 Å². The molecule has 3 rings (SSSR count). The fourth-order valence-electron chi connectivity index (χ4n) is 2.51. The number of hydrogen-bond donors (Lipinski definition) is 1. The maximum Gasteiger partial charge on any atom is 0.248 e. The van der Waals surface area contributed by atoms with Gasteiger partial charge in [0.1, 0.15) is 0 Å². The minimum absolute atomic E-state index is 0.237. The first-order valence-corrected chi connectivity index (χ1v) is 8.03. The first kappa shape index (κ1) is 17.1. The van der Waals surface area contributed by atoms with E-state index in [1.807, 2.05) is 31.4 Å². The Morgan fingerprint density at radius 3 is 2.77 bits per heavy atom. The van der Waals surface area contributed by atoms with Gasteiger partial charge in [0.25, 0.3) is 0 Å². The van der Waals surface area contributed by atoms with Gasteiger partial charge in [0.2, 0.25) is 5.91 Å². The van der Waals surface area contributed by atoms with Crippen LogP contribution >= 0.6 is 0 Å². The van der Waals surface area contributed by atoms with Gasteiger partial charge in [-0.25, -0.2) is 0 Å². The van der Waals surface area contributed by atoms with Crippen molar-refractivity contribution in [1.82, 2.24) is 14.8 Å². The van der Waals surface area contributed by atoms with Gasteiger partial charge in [0.15, 0.2) is 0 Å². The number of nitrogens with one attached hydrogen (secondary N) is 1. The molecule has 0 bridgehead atoms. The lowest BCUT2D eigenvalue weighted by Crippen LogP contribution is -2.07. The summed E-state index contributed by atoms with van der Waals surface area (Å²) < 4.78 is 1.73. The molecule has 0 radical (unpaired) electrons. The van der Waals surface area contributed by atoms with Gasteiger partial charge < -0.3 is 5.32 Å². The van der Waals surface area contributed by atoms with E-state index in [-0.39, 0.29) is 5.91 Å². The second kappa shape index (κ2) is 7.90. The average molecular weight is 343 g/mol. The van der Waals surface area contributed by atoms with E-state index in [1.165, 1.54) is 6.08 Å². The molecule has 0 aliphatic heterocycles. The molecule has 2 aromatic heterocycles. The first-order chi connectivity index (χ1) is 12.7. The minimum Gasteiger partial charge on any atom is -0.323 e. The van der Waals surface area contributed by atoms with Gasteiger partial charge in [-0.05, 0) is 35.4 Å². The molecule has 0 saturated heterocycles. The number of rotatable bonds is 5. The van der Waals surface area contributed by atoms with E-state index in [0.717, 1.165) is 22.3 Å². The van der Waals surface area contributed by atoms with E-state index in [4.69, 9.17) is 5.26 Å². The fourth-order valence-corrected chi connectivity index (χ4v) is 2.51. The topological polar surface area (TPSA) is 83.6 Å². The van der Waals surface area contributed by atoms with Gasteiger partial charge in [-0.3, -0.25) is 14.5 Å². The van der Waals surface area contributed by atoms with Crippen molar-refractivity contribution in [3.05, 3.63) is 72.3 Å². The van der Waals surface area contributed by atoms with Crippen LogP contribution in [-0.2, 0) is 18.3 Å². The molecule has 1 N–H and O–H groups in total. The van der Waals surface area contributed by atoms with Crippen molar-refractivity contribution in [2.24, 2.45) is 7.05 Å². The number of hydrogen-bond acceptors (Lipinski definition) is 4. The molecule has 1 amide bonds. The third-order valence-electron chi connectivity index (χ3n) is 3.79. The normalized spacial score (nSPS) is 10.6. The van der Waals surface area contributed by atoms with E-state index in [1.54, 1.807) is 41.5 Å². The highest BCUT2D eigenvalue weighted by molar-refractivity contribution is 6.02. The van der Waals surface area contributed by atoms with Crippen molar-refractivity contribution in [1.29, 1.82) is 5.26 Å². The molecule has 0 spiro atoms. The van der Waals surface area contributed by atoms with Crippen LogP contribution in [0.3, 0.4) is 0 Å². The number of nitrogens with zero attached hydrogens (tertiary/aromatic N) is 4. The lowest BCUT2D eigenvalue weighted by Gasteiger charge is -2.04. The zero-order valence-electron chi connectivity index (χ0n) is 14.3. The van der Waals surface area contributed by atoms with Crippen LogP contribution in [0.5, 0.6) is 0 Å². The maximum atomic E-state index is 12.2. The van der Waals surface area contributed by atoms with Gasteiger partial charge in [-0.2, -0.15) is 10.4 Å². The quantitative estimate of drug-likeness (QED) is 0.721. The summed E-state index contributed by atoms with van der Waals surface area (Å²) in [6.07, 6.45) is 10.7. The van der Waals surface area contributed by atoms with E-state index in [0.29, 0.717) is 12.1 Å². The standard InChI is InChI=1S/C20H17N5O/c1-25-14-17(13-23-25)19-9-11-22-12-16(19)4-7-20(26)24-18-5-2-15(3-6-18)8-10-21/h2-7,9,11-14H,8H2,1H3,(H,24,26). The van der Waals surface area contributed by atoms with E-state index in [9.17, 15) is 4.79 Å². The summed E-state index contributed by atoms with van der Waals surface area (Å²) >= 11 is 0. The van der Waals surface area contributed by atoms with E-state index >= 15 is 0 Å². The van der Waals surface area contributed by atoms with Crippen molar-refractivity contribution in [3.63, 3.8) is 0 Å². The van der Waals surface area contributed by atoms with Crippen LogP contribution in [0, 0.1) is 11.3 Å². The number of aromatic nitrogens is 3. The Morgan fingerprint density at radius 1 is 1.27 bits per heavy atom. The molecule has 0 fully saturated rings. The average Bonchev–Trinajstić information content (AvgIpc) is 3.08. The van der Waals surface area contributed by atoms with Crippen molar-refractivity contribution in [2.45, 2.75) is 6.42 Å². The molecule has 6 heteroatoms. The predicted octanol–water partition coefficient (Wildman–Crippen LogP) is 3.20. The summed E-state index contributed by atoms with van der Waals surface area (Å²) in [6.45, 7) is 0. The minimum atomic E-state index is -0.237. The summed E-state index contributed by atoms with van der Waals surface area (Å²) in [5.74, 6) is -0.237. The van der Waals surface area contributed by atoms with Crippen LogP contribution in [-0.4, -0.2) is 20.7 Å². The fraction of sp³-hybridized carbons (Fsp3) is 0.100. The van der Waals surface area contributed by atoms with Crippen molar-refractivity contribution in [3.8, 4) is 17.2 Å². The number of carbonyl (C=O) groups excluding carboxylic acids is 1. The van der Waals surface area contributed by atoms with Crippen LogP contribution < -0.4 is 5.32 Å². The van der Waals surface area contributed by atoms with Crippen LogP contribution in [0.1, 0.15) is 11.1 Å². The lowest BCUT2D eigenvalue weighted by atomic mass is 10.0. The smallest absolute Gasteiger partial charge is 0.248 e. The monoisotopic (exact) mass is 343 g/mol. The molecule has 128 valence electrons. The highest BCUT2D eigenvalue weighted by Gasteiger charge is 2.05. The van der Waals surface area contributed by atoms with Gasteiger partial charge >= 0.3 is 0 Å². The van der Waals surface area contributed by atoms with Gasteiger partial charge in [-0.15, -0.1) is 0 Å². The Hall–Kier alpha value is -3.72. The Balaban J connectivity index is 1.72. The van der Waals surface area contributed by atoms with Crippen LogP contribution in [0.4, 0.5) is 5.69 Å². The number of carbonyl (C=O) groups is 1. The number of anilines is 1. The Kier molecular flexibility index (Phi) is 5.20. The second-order valence-electron chi connectivity index (χ2n) is 5.72. The molecular formula is C20H17N5O. The molecule has 0 atom stereocenters. The summed E-state index contributed by atoms with van der Waals surface area (Å²) in [5, 5.41) is 15.7. The summed E-state index contributed by atoms with van der Waals surface area (Å²) in [7, 11) is 1.86. The number of pyridine rings is 1. The highest BCUT2D eigenvalue weighted by atomic mass is 16.1. The predicted molar refractivity (Wildman–Crippen MR) is 99.9 cm³/mol. The van der Waals surface area contributed by atoms with Crippen LogP contribution in [0.25, 0.3) is 17.2 Å². The van der Waals surface area contributed by atoms with Crippen molar-refractivity contribution in [2.75, 3.05) is 5.32 Å². The Labute approximate surface area is 151 Å². The first-order valence-electron chi connectivity index (χ1n) is 8.03. The molecule has 0 unspecified atom stereocenters. The molecular weight excluding hydrogens is 326 g/mol.